The summed E-state index contributed by atoms with van der Waals surface area (Å²) in [5.74, 6) is -0.201. The van der Waals surface area contributed by atoms with Gasteiger partial charge in [-0.15, -0.1) is 12.6 Å². The molecule has 0 unspecified atom stereocenters. The quantitative estimate of drug-likeness (QED) is 0.732. The topological polar surface area (TPSA) is 29.1 Å². The normalized spacial score (nSPS) is 10.3. The number of thiol groups is 1. The summed E-state index contributed by atoms with van der Waals surface area (Å²) in [6, 6.07) is 10.7. The number of hydrogen-bond donors (Lipinski definition) is 2. The molecule has 2 rings (SSSR count). The van der Waals surface area contributed by atoms with Crippen molar-refractivity contribution in [3.05, 3.63) is 57.0 Å². The van der Waals surface area contributed by atoms with Crippen molar-refractivity contribution in [1.29, 1.82) is 0 Å². The number of benzene rings is 2. The minimum Gasteiger partial charge on any atom is -0.322 e. The molecule has 0 aliphatic carbocycles. The second-order valence-electron chi connectivity index (χ2n) is 4.08. The summed E-state index contributed by atoms with van der Waals surface area (Å²) in [4.78, 5) is 13.0. The third kappa shape index (κ3) is 3.53. The lowest BCUT2D eigenvalue weighted by Gasteiger charge is -2.10. The Morgan fingerprint density at radius 3 is 2.74 bits per heavy atom. The van der Waals surface area contributed by atoms with E-state index in [-0.39, 0.29) is 5.91 Å². The molecule has 0 heterocycles. The molecule has 0 spiro atoms. The maximum absolute atomic E-state index is 12.2. The predicted octanol–water partition coefficient (Wildman–Crippen LogP) is 4.95. The van der Waals surface area contributed by atoms with Crippen LogP contribution in [0.4, 0.5) is 5.69 Å². The van der Waals surface area contributed by atoms with Crippen molar-refractivity contribution in [2.24, 2.45) is 0 Å². The molecule has 0 aromatic heterocycles. The number of aryl methyl sites for hydroxylation is 1. The Morgan fingerprint density at radius 1 is 1.26 bits per heavy atom. The molecule has 0 fully saturated rings. The van der Waals surface area contributed by atoms with Gasteiger partial charge in [-0.1, -0.05) is 17.7 Å². The molecule has 0 saturated carbocycles. The van der Waals surface area contributed by atoms with E-state index < -0.39 is 0 Å². The zero-order chi connectivity index (χ0) is 14.0. The number of rotatable bonds is 2. The second-order valence-corrected chi connectivity index (χ2v) is 5.88. The molecular weight excluding hydrogens is 346 g/mol. The Hall–Kier alpha value is -0.970. The lowest BCUT2D eigenvalue weighted by atomic mass is 10.1. The fourth-order valence-corrected chi connectivity index (χ4v) is 2.41. The first-order chi connectivity index (χ1) is 8.97. The molecule has 0 saturated heterocycles. The van der Waals surface area contributed by atoms with E-state index in [1.807, 2.05) is 19.1 Å². The zero-order valence-electron chi connectivity index (χ0n) is 10.1. The van der Waals surface area contributed by atoms with E-state index in [1.165, 1.54) is 0 Å². The molecule has 0 aliphatic heterocycles. The van der Waals surface area contributed by atoms with E-state index in [0.29, 0.717) is 16.3 Å². The van der Waals surface area contributed by atoms with E-state index >= 15 is 0 Å². The van der Waals surface area contributed by atoms with Gasteiger partial charge in [0.1, 0.15) is 0 Å². The third-order valence-electron chi connectivity index (χ3n) is 2.64. The SMILES string of the molecule is Cc1ccc(Cl)cc1NC(=O)c1cc(S)ccc1Br. The van der Waals surface area contributed by atoms with Crippen molar-refractivity contribution >= 4 is 51.8 Å². The summed E-state index contributed by atoms with van der Waals surface area (Å²) < 4.78 is 0.725. The molecule has 0 radical (unpaired) electrons. The summed E-state index contributed by atoms with van der Waals surface area (Å²) >= 11 is 13.5. The van der Waals surface area contributed by atoms with Crippen molar-refractivity contribution in [3.63, 3.8) is 0 Å². The molecule has 19 heavy (non-hydrogen) atoms. The monoisotopic (exact) mass is 355 g/mol. The molecular formula is C14H11BrClNOS. The lowest BCUT2D eigenvalue weighted by Crippen LogP contribution is -2.13. The highest BCUT2D eigenvalue weighted by molar-refractivity contribution is 9.10. The number of carbonyl (C=O) groups is 1. The molecule has 0 atom stereocenters. The van der Waals surface area contributed by atoms with Gasteiger partial charge in [0, 0.05) is 20.1 Å². The molecule has 2 nitrogen and oxygen atoms in total. The maximum Gasteiger partial charge on any atom is 0.256 e. The van der Waals surface area contributed by atoms with Gasteiger partial charge in [0.05, 0.1) is 5.56 Å². The average molecular weight is 357 g/mol. The summed E-state index contributed by atoms with van der Waals surface area (Å²) in [7, 11) is 0. The summed E-state index contributed by atoms with van der Waals surface area (Å²) in [5.41, 5.74) is 2.19. The molecule has 0 aliphatic rings. The van der Waals surface area contributed by atoms with Crippen molar-refractivity contribution in [3.8, 4) is 0 Å². The number of amides is 1. The molecule has 1 amide bonds. The van der Waals surface area contributed by atoms with Crippen LogP contribution in [-0.4, -0.2) is 5.91 Å². The van der Waals surface area contributed by atoms with Gasteiger partial charge in [-0.05, 0) is 58.7 Å². The van der Waals surface area contributed by atoms with Crippen LogP contribution in [0.1, 0.15) is 15.9 Å². The number of halogens is 2. The second kappa shape index (κ2) is 5.99. The number of carbonyl (C=O) groups excluding carboxylic acids is 1. The number of anilines is 1. The Balaban J connectivity index is 2.30. The smallest absolute Gasteiger partial charge is 0.256 e. The number of nitrogens with one attached hydrogen (secondary N) is 1. The minimum absolute atomic E-state index is 0.201. The van der Waals surface area contributed by atoms with Gasteiger partial charge in [0.25, 0.3) is 5.91 Å². The molecule has 2 aromatic rings. The van der Waals surface area contributed by atoms with Gasteiger partial charge in [-0.25, -0.2) is 0 Å². The molecule has 2 aromatic carbocycles. The van der Waals surface area contributed by atoms with Gasteiger partial charge < -0.3 is 5.32 Å². The van der Waals surface area contributed by atoms with Gasteiger partial charge in [-0.2, -0.15) is 0 Å². The Kier molecular flexibility index (Phi) is 4.55. The number of hydrogen-bond acceptors (Lipinski definition) is 2. The van der Waals surface area contributed by atoms with Crippen LogP contribution in [-0.2, 0) is 0 Å². The first-order valence-electron chi connectivity index (χ1n) is 5.53. The first kappa shape index (κ1) is 14.4. The highest BCUT2D eigenvalue weighted by Gasteiger charge is 2.12. The first-order valence-corrected chi connectivity index (χ1v) is 7.15. The average Bonchev–Trinajstić information content (AvgIpc) is 2.36. The third-order valence-corrected chi connectivity index (χ3v) is 3.85. The predicted molar refractivity (Wildman–Crippen MR) is 85.5 cm³/mol. The highest BCUT2D eigenvalue weighted by atomic mass is 79.9. The van der Waals surface area contributed by atoms with Gasteiger partial charge in [-0.3, -0.25) is 4.79 Å². The largest absolute Gasteiger partial charge is 0.322 e. The Bertz CT molecular complexity index is 645. The van der Waals surface area contributed by atoms with Gasteiger partial charge in [0.2, 0.25) is 0 Å². The Morgan fingerprint density at radius 2 is 2.00 bits per heavy atom. The van der Waals surface area contributed by atoms with E-state index in [2.05, 4.69) is 33.9 Å². The van der Waals surface area contributed by atoms with Crippen LogP contribution < -0.4 is 5.32 Å². The van der Waals surface area contributed by atoms with Crippen LogP contribution in [0.15, 0.2) is 45.8 Å². The minimum atomic E-state index is -0.201. The molecule has 0 bridgehead atoms. The van der Waals surface area contributed by atoms with Crippen LogP contribution in [0.5, 0.6) is 0 Å². The molecule has 98 valence electrons. The van der Waals surface area contributed by atoms with Crippen molar-refractivity contribution in [2.45, 2.75) is 11.8 Å². The van der Waals surface area contributed by atoms with Gasteiger partial charge >= 0.3 is 0 Å². The van der Waals surface area contributed by atoms with Crippen LogP contribution in [0.3, 0.4) is 0 Å². The Labute approximate surface area is 130 Å². The summed E-state index contributed by atoms with van der Waals surface area (Å²) in [6.07, 6.45) is 0. The van der Waals surface area contributed by atoms with Gasteiger partial charge in [0.15, 0.2) is 0 Å². The van der Waals surface area contributed by atoms with E-state index in [4.69, 9.17) is 11.6 Å². The fourth-order valence-electron chi connectivity index (χ4n) is 1.61. The standard InChI is InChI=1S/C14H11BrClNOS/c1-8-2-3-9(16)6-13(8)17-14(18)11-7-10(19)4-5-12(11)15/h2-7,19H,1H3,(H,17,18). The van der Waals surface area contributed by atoms with Crippen LogP contribution in [0.2, 0.25) is 5.02 Å². The van der Waals surface area contributed by atoms with E-state index in [1.54, 1.807) is 24.3 Å². The van der Waals surface area contributed by atoms with E-state index in [9.17, 15) is 4.79 Å². The maximum atomic E-state index is 12.2. The van der Waals surface area contributed by atoms with Crippen LogP contribution in [0.25, 0.3) is 0 Å². The zero-order valence-corrected chi connectivity index (χ0v) is 13.3. The summed E-state index contributed by atoms with van der Waals surface area (Å²) in [5, 5.41) is 3.43. The van der Waals surface area contributed by atoms with Crippen molar-refractivity contribution in [1.82, 2.24) is 0 Å². The van der Waals surface area contributed by atoms with Crippen LogP contribution in [0, 0.1) is 6.92 Å². The van der Waals surface area contributed by atoms with E-state index in [0.717, 1.165) is 14.9 Å². The lowest BCUT2D eigenvalue weighted by molar-refractivity contribution is 0.102. The molecule has 5 heteroatoms. The fraction of sp³-hybridized carbons (Fsp3) is 0.0714. The summed E-state index contributed by atoms with van der Waals surface area (Å²) in [6.45, 7) is 1.91. The molecule has 1 N–H and O–H groups in total. The van der Waals surface area contributed by atoms with Crippen molar-refractivity contribution < 1.29 is 4.79 Å². The van der Waals surface area contributed by atoms with Crippen molar-refractivity contribution in [2.75, 3.05) is 5.32 Å². The highest BCUT2D eigenvalue weighted by Crippen LogP contribution is 2.24. The van der Waals surface area contributed by atoms with Crippen LogP contribution >= 0.6 is 40.2 Å².